The summed E-state index contributed by atoms with van der Waals surface area (Å²) in [6, 6.07) is 72.3. The van der Waals surface area contributed by atoms with Gasteiger partial charge in [-0.05, 0) is 161 Å². The van der Waals surface area contributed by atoms with Crippen LogP contribution in [0.2, 0.25) is 0 Å². The van der Waals surface area contributed by atoms with Crippen LogP contribution in [0.3, 0.4) is 0 Å². The van der Waals surface area contributed by atoms with Gasteiger partial charge in [-0.2, -0.15) is 13.3 Å². The van der Waals surface area contributed by atoms with Crippen LogP contribution in [0.1, 0.15) is 102 Å². The minimum Gasteiger partial charge on any atom is -0.504 e. The molecule has 463 valence electrons. The van der Waals surface area contributed by atoms with Gasteiger partial charge in [-0.25, -0.2) is 0 Å². The van der Waals surface area contributed by atoms with Crippen molar-refractivity contribution in [3.63, 3.8) is 0 Å². The van der Waals surface area contributed by atoms with Gasteiger partial charge in [0.05, 0.1) is 22.7 Å². The molecule has 5 aliphatic heterocycles. The van der Waals surface area contributed by atoms with Crippen LogP contribution < -0.4 is 39.2 Å². The SMILES string of the molecule is C1=CC2C=CC1C2.CC.CC.CN1C2=C3N(C)c4ccccc4N3CC3=C(CN2c2ccccc21)C1c2ccccc2C3c2ccccc21.CN1[CH-]N(C[C@@H]2C3c4ccccc4C(c4ccccc43)[C@H]2CN2[CH-]N(C)c3ccccc32)c2ccccc21.[CH3-].[CH3-].[Rh]. The molecule has 0 unspecified atom stereocenters. The number of allylic oxidation sites excluding steroid dienone is 4. The summed E-state index contributed by atoms with van der Waals surface area (Å²) in [4.78, 5) is 19.5. The van der Waals surface area contributed by atoms with Gasteiger partial charge in [-0.15, -0.1) is 0 Å². The van der Waals surface area contributed by atoms with Crippen LogP contribution in [0.25, 0.3) is 0 Å². The van der Waals surface area contributed by atoms with E-state index in [0.717, 1.165) is 38.0 Å². The van der Waals surface area contributed by atoms with Crippen LogP contribution in [0.5, 0.6) is 0 Å². The van der Waals surface area contributed by atoms with Crippen molar-refractivity contribution in [3.05, 3.63) is 314 Å². The Morgan fingerprint density at radius 3 is 0.911 bits per heavy atom. The topological polar surface area (TPSA) is 25.9 Å². The Morgan fingerprint density at radius 1 is 0.344 bits per heavy atom. The fraction of sp³-hybridized carbons (Fsp3) is 0.259. The van der Waals surface area contributed by atoms with E-state index in [-0.39, 0.29) is 34.3 Å². The first-order chi connectivity index (χ1) is 42.9. The third-order valence-corrected chi connectivity index (χ3v) is 20.5. The molecule has 1 radical (unpaired) electrons. The monoisotopic (exact) mass is 1270 g/mol. The molecule has 0 N–H and O–H groups in total. The van der Waals surface area contributed by atoms with E-state index in [1.54, 1.807) is 11.1 Å². The van der Waals surface area contributed by atoms with Crippen LogP contribution in [-0.4, -0.2) is 54.4 Å². The van der Waals surface area contributed by atoms with Gasteiger partial charge < -0.3 is 54.1 Å². The largest absolute Gasteiger partial charge is 0.504 e. The van der Waals surface area contributed by atoms with Gasteiger partial charge in [0.25, 0.3) is 0 Å². The molecular weight excluding hydrogens is 1190 g/mol. The molecule has 90 heavy (non-hydrogen) atoms. The van der Waals surface area contributed by atoms with Crippen LogP contribution >= 0.6 is 0 Å². The molecule has 8 nitrogen and oxygen atoms in total. The molecule has 13 aliphatic rings. The minimum absolute atomic E-state index is 0. The van der Waals surface area contributed by atoms with Gasteiger partial charge in [0.15, 0.2) is 11.6 Å². The van der Waals surface area contributed by atoms with Gasteiger partial charge in [0.2, 0.25) is 0 Å². The normalized spacial score (nSPS) is 23.0. The number of anilines is 8. The summed E-state index contributed by atoms with van der Waals surface area (Å²) in [5, 5.41) is 0. The molecule has 0 spiro atoms. The maximum atomic E-state index is 2.58. The molecule has 0 saturated carbocycles. The Hall–Kier alpha value is -8.26. The zero-order valence-electron chi connectivity index (χ0n) is 54.0. The Labute approximate surface area is 550 Å². The number of benzene rings is 8. The van der Waals surface area contributed by atoms with Gasteiger partial charge in [0, 0.05) is 93.1 Å². The zero-order valence-corrected chi connectivity index (χ0v) is 55.6. The van der Waals surface area contributed by atoms with Gasteiger partial charge in [-0.1, -0.05) is 198 Å². The summed E-state index contributed by atoms with van der Waals surface area (Å²) in [6.07, 6.45) is 10.5. The first-order valence-electron chi connectivity index (χ1n) is 32.1. The first kappa shape index (κ1) is 62.0. The number of rotatable bonds is 4. The Kier molecular flexibility index (Phi) is 17.3. The molecule has 6 bridgehead atoms. The molecule has 2 atom stereocenters. The van der Waals surface area contributed by atoms with E-state index >= 15 is 0 Å². The molecule has 21 rings (SSSR count). The summed E-state index contributed by atoms with van der Waals surface area (Å²) in [5.74, 6) is 6.46. The number of fused-ring (bicyclic) bond motifs is 11. The van der Waals surface area contributed by atoms with Crippen molar-refractivity contribution >= 4 is 45.5 Å². The van der Waals surface area contributed by atoms with Gasteiger partial charge in [0.1, 0.15) is 0 Å². The Bertz CT molecular complexity index is 3720. The van der Waals surface area contributed by atoms with Crippen molar-refractivity contribution in [2.75, 3.05) is 93.6 Å². The standard InChI is InChI=1S/C34H28N4.C34H32N4.C7H8.2C2H6.2CH3.Rh/c1-35-27-15-7-9-17-29(27)37-19-25-26(20-38-30-18-10-8-16-28(30)36(2)34(38)33(35)37)32-23-13-5-3-11-21(23)31(25)22-12-4-6-14-24(22)32;1-35-21-37(31-17-9-7-15-29(31)35)19-27-28(20-38-22-36(2)30-16-8-10-18-32(30)38)34-25-13-5-3-11-23(25)33(27)24-12-4-6-14-26(24)34;1-2-7-4-3-6(1)5-7;2*1-2;;;/h3-18,31-32H,19-20H2,1-2H3;3-18,21-22,27-28,33-34H,19-20H2,1-2H3;1-4,6-7H,5H2;2*1-2H3;2*1H3;/q;-2;;;;2*-1;/t;27-,28-,33?,34?;;;;;;/m.0....../s1. The third-order valence-electron chi connectivity index (χ3n) is 20.5. The molecular formula is C81H86N8Rh-4. The summed E-state index contributed by atoms with van der Waals surface area (Å²) >= 11 is 0. The van der Waals surface area contributed by atoms with E-state index < -0.39 is 0 Å². The van der Waals surface area contributed by atoms with Crippen molar-refractivity contribution in [2.24, 2.45) is 23.7 Å². The van der Waals surface area contributed by atoms with Gasteiger partial charge in [-0.3, -0.25) is 0 Å². The van der Waals surface area contributed by atoms with Crippen molar-refractivity contribution in [1.82, 2.24) is 0 Å². The predicted molar refractivity (Wildman–Crippen MR) is 377 cm³/mol. The van der Waals surface area contributed by atoms with Crippen LogP contribution in [0.4, 0.5) is 45.5 Å². The minimum atomic E-state index is 0. The molecule has 0 saturated heterocycles. The summed E-state index contributed by atoms with van der Waals surface area (Å²) in [7, 11) is 8.79. The number of para-hydroxylation sites is 8. The third kappa shape index (κ3) is 9.70. The Morgan fingerprint density at radius 2 is 0.611 bits per heavy atom. The van der Waals surface area contributed by atoms with Crippen molar-refractivity contribution in [1.29, 1.82) is 0 Å². The average Bonchev–Trinajstić information content (AvgIpc) is 1.01. The van der Waals surface area contributed by atoms with Crippen LogP contribution in [0.15, 0.2) is 241 Å². The molecule has 0 fully saturated rings. The maximum absolute atomic E-state index is 2.58. The van der Waals surface area contributed by atoms with Crippen molar-refractivity contribution < 1.29 is 19.5 Å². The average molecular weight is 1270 g/mol. The van der Waals surface area contributed by atoms with E-state index in [4.69, 9.17) is 0 Å². The molecule has 5 heterocycles. The van der Waals surface area contributed by atoms with E-state index in [2.05, 4.69) is 299 Å². The maximum Gasteiger partial charge on any atom is 0.156 e. The van der Waals surface area contributed by atoms with E-state index in [1.807, 2.05) is 27.7 Å². The van der Waals surface area contributed by atoms with Crippen LogP contribution in [0, 0.1) is 51.9 Å². The summed E-state index contributed by atoms with van der Waals surface area (Å²) < 4.78 is 0. The van der Waals surface area contributed by atoms with E-state index in [0.29, 0.717) is 35.5 Å². The van der Waals surface area contributed by atoms with Gasteiger partial charge >= 0.3 is 0 Å². The summed E-state index contributed by atoms with van der Waals surface area (Å²) in [6.45, 7) is 16.4. The number of hydrogen-bond donors (Lipinski definition) is 0. The fourth-order valence-corrected chi connectivity index (χ4v) is 17.0. The van der Waals surface area contributed by atoms with Crippen molar-refractivity contribution in [2.45, 2.75) is 57.8 Å². The molecule has 8 aliphatic carbocycles. The second-order valence-corrected chi connectivity index (χ2v) is 24.7. The fourth-order valence-electron chi connectivity index (χ4n) is 17.0. The van der Waals surface area contributed by atoms with Crippen LogP contribution in [-0.2, 0) is 19.5 Å². The molecule has 8 aromatic rings. The predicted octanol–water partition coefficient (Wildman–Crippen LogP) is 18.0. The molecule has 0 aromatic heterocycles. The quantitative estimate of drug-likeness (QED) is 0.0977. The second-order valence-electron chi connectivity index (χ2n) is 24.7. The Balaban J connectivity index is 0.000000145. The molecule has 0 amide bonds. The second kappa shape index (κ2) is 25.2. The summed E-state index contributed by atoms with van der Waals surface area (Å²) in [5.41, 5.74) is 25.5. The van der Waals surface area contributed by atoms with Crippen molar-refractivity contribution in [3.8, 4) is 0 Å². The number of hydrogen-bond acceptors (Lipinski definition) is 8. The smallest absolute Gasteiger partial charge is 0.156 e. The van der Waals surface area contributed by atoms with E-state index in [9.17, 15) is 0 Å². The number of nitrogens with zero attached hydrogens (tertiary/aromatic N) is 8. The molecule has 9 heteroatoms. The van der Waals surface area contributed by atoms with E-state index in [1.165, 1.54) is 108 Å². The molecule has 8 aromatic carbocycles. The first-order valence-corrected chi connectivity index (χ1v) is 32.1. The zero-order chi connectivity index (χ0) is 59.2.